The van der Waals surface area contributed by atoms with E-state index in [1.807, 2.05) is 6.07 Å². The number of likely N-dealkylation sites (tertiary alicyclic amines) is 1. The number of ether oxygens (including phenoxy) is 1. The second kappa shape index (κ2) is 9.40. The van der Waals surface area contributed by atoms with Crippen molar-refractivity contribution < 1.29 is 24.5 Å². The summed E-state index contributed by atoms with van der Waals surface area (Å²) in [5, 5.41) is 20.8. The lowest BCUT2D eigenvalue weighted by atomic mass is 9.95. The third kappa shape index (κ3) is 4.48. The predicted octanol–water partition coefficient (Wildman–Crippen LogP) is 3.97. The monoisotopic (exact) mass is 442 g/mol. The van der Waals surface area contributed by atoms with E-state index >= 15 is 0 Å². The Labute approximate surface area is 190 Å². The van der Waals surface area contributed by atoms with Crippen LogP contribution in [0.5, 0.6) is 11.5 Å². The van der Waals surface area contributed by atoms with E-state index in [9.17, 15) is 19.8 Å². The van der Waals surface area contributed by atoms with Crippen molar-refractivity contribution >= 4 is 17.4 Å². The molecule has 3 aromatic rings. The number of amides is 1. The molecule has 1 saturated heterocycles. The molecule has 166 valence electrons. The van der Waals surface area contributed by atoms with Gasteiger partial charge in [-0.2, -0.15) is 0 Å². The molecule has 1 aliphatic rings. The van der Waals surface area contributed by atoms with Gasteiger partial charge in [-0.3, -0.25) is 14.6 Å². The van der Waals surface area contributed by atoms with E-state index in [-0.39, 0.29) is 23.6 Å². The molecular weight excluding hydrogens is 420 g/mol. The van der Waals surface area contributed by atoms with Crippen LogP contribution in [0, 0.1) is 0 Å². The number of hydrogen-bond donors (Lipinski definition) is 2. The number of phenolic OH excluding ortho intramolecular Hbond substituents is 1. The summed E-state index contributed by atoms with van der Waals surface area (Å²) in [5.41, 5.74) is 1.69. The Morgan fingerprint density at radius 2 is 1.82 bits per heavy atom. The first-order valence-electron chi connectivity index (χ1n) is 10.3. The second-order valence-electron chi connectivity index (χ2n) is 7.50. The number of ketones is 1. The van der Waals surface area contributed by atoms with Crippen molar-refractivity contribution in [1.82, 2.24) is 9.88 Å². The van der Waals surface area contributed by atoms with Crippen LogP contribution < -0.4 is 4.74 Å². The smallest absolute Gasteiger partial charge is 0.295 e. The molecule has 0 bridgehead atoms. The van der Waals surface area contributed by atoms with Crippen molar-refractivity contribution in [3.63, 3.8) is 0 Å². The number of hydrogen-bond acceptors (Lipinski definition) is 6. The van der Waals surface area contributed by atoms with Crippen LogP contribution in [-0.2, 0) is 16.1 Å². The zero-order valence-corrected chi connectivity index (χ0v) is 17.7. The number of phenols is 1. The number of carbonyl (C=O) groups excluding carboxylic acids is 2. The maximum atomic E-state index is 13.1. The summed E-state index contributed by atoms with van der Waals surface area (Å²) in [7, 11) is 0. The van der Waals surface area contributed by atoms with Gasteiger partial charge < -0.3 is 19.8 Å². The molecule has 33 heavy (non-hydrogen) atoms. The number of carbonyl (C=O) groups is 2. The Balaban J connectivity index is 1.78. The molecular formula is C26H22N2O5. The molecule has 1 aliphatic heterocycles. The van der Waals surface area contributed by atoms with Gasteiger partial charge in [0, 0.05) is 24.5 Å². The van der Waals surface area contributed by atoms with Gasteiger partial charge in [-0.05, 0) is 53.6 Å². The average Bonchev–Trinajstić information content (AvgIpc) is 3.08. The van der Waals surface area contributed by atoms with Crippen LogP contribution >= 0.6 is 0 Å². The van der Waals surface area contributed by atoms with Gasteiger partial charge in [0.1, 0.15) is 23.9 Å². The first-order valence-corrected chi connectivity index (χ1v) is 10.3. The third-order valence-corrected chi connectivity index (χ3v) is 5.32. The van der Waals surface area contributed by atoms with Gasteiger partial charge in [0.05, 0.1) is 11.6 Å². The lowest BCUT2D eigenvalue weighted by Gasteiger charge is -2.25. The highest BCUT2D eigenvalue weighted by Gasteiger charge is 2.46. The molecule has 4 rings (SSSR count). The van der Waals surface area contributed by atoms with Crippen LogP contribution in [0.4, 0.5) is 0 Å². The first-order chi connectivity index (χ1) is 16.0. The number of Topliss-reactive ketones (excluding diaryl/α,β-unsaturated/α-hetero) is 1. The topological polar surface area (TPSA) is 100.0 Å². The number of aromatic nitrogens is 1. The Kier molecular flexibility index (Phi) is 6.22. The fraction of sp³-hybridized carbons (Fsp3) is 0.115. The summed E-state index contributed by atoms with van der Waals surface area (Å²) in [5.74, 6) is -1.14. The molecule has 2 heterocycles. The van der Waals surface area contributed by atoms with E-state index in [1.54, 1.807) is 60.9 Å². The molecule has 2 aromatic carbocycles. The van der Waals surface area contributed by atoms with E-state index in [0.717, 1.165) is 5.56 Å². The Bertz CT molecular complexity index is 1200. The third-order valence-electron chi connectivity index (χ3n) is 5.32. The van der Waals surface area contributed by atoms with E-state index in [0.29, 0.717) is 23.5 Å². The number of aliphatic hydroxyl groups is 1. The van der Waals surface area contributed by atoms with Crippen LogP contribution in [0.3, 0.4) is 0 Å². The zero-order valence-electron chi connectivity index (χ0n) is 17.7. The van der Waals surface area contributed by atoms with Crippen molar-refractivity contribution in [2.45, 2.75) is 12.6 Å². The molecule has 1 atom stereocenters. The Morgan fingerprint density at radius 3 is 2.45 bits per heavy atom. The highest BCUT2D eigenvalue weighted by Crippen LogP contribution is 2.40. The summed E-state index contributed by atoms with van der Waals surface area (Å²) < 4.78 is 5.46. The van der Waals surface area contributed by atoms with E-state index in [2.05, 4.69) is 11.6 Å². The molecule has 0 spiro atoms. The summed E-state index contributed by atoms with van der Waals surface area (Å²) >= 11 is 0. The van der Waals surface area contributed by atoms with E-state index in [4.69, 9.17) is 4.74 Å². The average molecular weight is 442 g/mol. The van der Waals surface area contributed by atoms with Crippen LogP contribution in [0.2, 0.25) is 0 Å². The number of aliphatic hydroxyl groups excluding tert-OH is 1. The maximum Gasteiger partial charge on any atom is 0.295 e. The van der Waals surface area contributed by atoms with Crippen molar-refractivity contribution in [2.24, 2.45) is 0 Å². The van der Waals surface area contributed by atoms with Crippen LogP contribution in [0.15, 0.2) is 91.3 Å². The number of benzene rings is 2. The summed E-state index contributed by atoms with van der Waals surface area (Å²) in [4.78, 5) is 31.6. The number of rotatable bonds is 7. The zero-order chi connectivity index (χ0) is 23.4. The summed E-state index contributed by atoms with van der Waals surface area (Å²) in [6, 6.07) is 15.5. The molecule has 2 N–H and O–H groups in total. The fourth-order valence-corrected chi connectivity index (χ4v) is 3.75. The molecule has 0 radical (unpaired) electrons. The SMILES string of the molecule is C=CCOc1ccc(/C(O)=C2\C(=O)C(=O)N(Cc3cccnc3)[C@@H]2c2ccc(O)cc2)cc1. The number of aromatic hydroxyl groups is 1. The van der Waals surface area contributed by atoms with E-state index < -0.39 is 17.7 Å². The predicted molar refractivity (Wildman–Crippen MR) is 122 cm³/mol. The van der Waals surface area contributed by atoms with E-state index in [1.165, 1.54) is 17.0 Å². The molecule has 1 aromatic heterocycles. The van der Waals surface area contributed by atoms with Gasteiger partial charge >= 0.3 is 0 Å². The van der Waals surface area contributed by atoms with Crippen LogP contribution in [-0.4, -0.2) is 38.4 Å². The van der Waals surface area contributed by atoms with Gasteiger partial charge in [0.15, 0.2) is 0 Å². The molecule has 0 aliphatic carbocycles. The minimum Gasteiger partial charge on any atom is -0.508 e. The molecule has 0 unspecified atom stereocenters. The molecule has 7 heteroatoms. The Hall–Kier alpha value is -4.39. The quantitative estimate of drug-likeness (QED) is 0.249. The molecule has 0 saturated carbocycles. The number of nitrogens with zero attached hydrogens (tertiary/aromatic N) is 2. The standard InChI is InChI=1S/C26H22N2O5/c1-2-14-33-21-11-7-19(8-12-21)24(30)22-23(18-5-9-20(29)10-6-18)28(26(32)25(22)31)16-17-4-3-13-27-15-17/h2-13,15,23,29-30H,1,14,16H2/b24-22+/t23-/m1/s1. The lowest BCUT2D eigenvalue weighted by Crippen LogP contribution is -2.29. The summed E-state index contributed by atoms with van der Waals surface area (Å²) in [6.45, 7) is 4.08. The van der Waals surface area contributed by atoms with Gasteiger partial charge in [-0.15, -0.1) is 0 Å². The highest BCUT2D eigenvalue weighted by atomic mass is 16.5. The molecule has 1 amide bonds. The van der Waals surface area contributed by atoms with Gasteiger partial charge in [-0.1, -0.05) is 30.9 Å². The van der Waals surface area contributed by atoms with Gasteiger partial charge in [-0.25, -0.2) is 0 Å². The Morgan fingerprint density at radius 1 is 1.09 bits per heavy atom. The highest BCUT2D eigenvalue weighted by molar-refractivity contribution is 6.46. The second-order valence-corrected chi connectivity index (χ2v) is 7.50. The van der Waals surface area contributed by atoms with Crippen molar-refractivity contribution in [1.29, 1.82) is 0 Å². The van der Waals surface area contributed by atoms with Crippen molar-refractivity contribution in [3.05, 3.63) is 108 Å². The lowest BCUT2D eigenvalue weighted by molar-refractivity contribution is -0.140. The molecule has 7 nitrogen and oxygen atoms in total. The van der Waals surface area contributed by atoms with Crippen molar-refractivity contribution in [2.75, 3.05) is 6.61 Å². The molecule has 1 fully saturated rings. The number of pyridine rings is 1. The minimum atomic E-state index is -0.831. The van der Waals surface area contributed by atoms with Crippen LogP contribution in [0.1, 0.15) is 22.7 Å². The minimum absolute atomic E-state index is 0.0191. The maximum absolute atomic E-state index is 13.1. The largest absolute Gasteiger partial charge is 0.508 e. The van der Waals surface area contributed by atoms with Gasteiger partial charge in [0.2, 0.25) is 0 Å². The first kappa shape index (κ1) is 21.8. The van der Waals surface area contributed by atoms with Crippen molar-refractivity contribution in [3.8, 4) is 11.5 Å². The fourth-order valence-electron chi connectivity index (χ4n) is 3.75. The van der Waals surface area contributed by atoms with Crippen LogP contribution in [0.25, 0.3) is 5.76 Å². The normalized spacial score (nSPS) is 17.2. The summed E-state index contributed by atoms with van der Waals surface area (Å²) in [6.07, 6.45) is 4.86. The van der Waals surface area contributed by atoms with Gasteiger partial charge in [0.25, 0.3) is 11.7 Å².